The second kappa shape index (κ2) is 9.41. The minimum absolute atomic E-state index is 0.197. The number of fused-ring (bicyclic) bond motifs is 1. The van der Waals surface area contributed by atoms with Crippen molar-refractivity contribution >= 4 is 10.8 Å². The second-order valence-corrected chi connectivity index (χ2v) is 7.53. The van der Waals surface area contributed by atoms with Crippen LogP contribution in [0.25, 0.3) is 21.9 Å². The third-order valence-corrected chi connectivity index (χ3v) is 5.46. The maximum Gasteiger partial charge on any atom is 0.120 e. The lowest BCUT2D eigenvalue weighted by Crippen LogP contribution is -2.49. The van der Waals surface area contributed by atoms with E-state index >= 15 is 0 Å². The van der Waals surface area contributed by atoms with Gasteiger partial charge in [-0.05, 0) is 34.5 Å². The number of hydrogen-bond acceptors (Lipinski definition) is 6. The fraction of sp³-hybridized carbons (Fsp3) is 0.391. The summed E-state index contributed by atoms with van der Waals surface area (Å²) in [5.41, 5.74) is 2.06. The molecule has 1 fully saturated rings. The second-order valence-electron chi connectivity index (χ2n) is 7.53. The van der Waals surface area contributed by atoms with Gasteiger partial charge in [0.05, 0.1) is 19.1 Å². The van der Waals surface area contributed by atoms with Gasteiger partial charge in [0.25, 0.3) is 0 Å². The van der Waals surface area contributed by atoms with Crippen LogP contribution >= 0.6 is 0 Å². The number of rotatable bonds is 8. The van der Waals surface area contributed by atoms with E-state index in [1.165, 1.54) is 0 Å². The van der Waals surface area contributed by atoms with Crippen LogP contribution in [0.1, 0.15) is 0 Å². The zero-order chi connectivity index (χ0) is 20.1. The van der Waals surface area contributed by atoms with Crippen LogP contribution in [0.4, 0.5) is 0 Å². The first kappa shape index (κ1) is 19.9. The highest BCUT2D eigenvalue weighted by atomic mass is 16.5. The lowest BCUT2D eigenvalue weighted by atomic mass is 10.00. The summed E-state index contributed by atoms with van der Waals surface area (Å²) in [6, 6.07) is 14.2. The number of nitrogens with zero attached hydrogens (tertiary/aromatic N) is 2. The molecule has 6 nitrogen and oxygen atoms in total. The Bertz CT molecular complexity index is 904. The average Bonchev–Trinajstić information content (AvgIpc) is 3.28. The smallest absolute Gasteiger partial charge is 0.120 e. The molecule has 1 aliphatic heterocycles. The molecule has 29 heavy (non-hydrogen) atoms. The average molecular weight is 396 g/mol. The van der Waals surface area contributed by atoms with Gasteiger partial charge >= 0.3 is 0 Å². The minimum Gasteiger partial charge on any atom is -0.491 e. The molecule has 0 saturated carbocycles. The van der Waals surface area contributed by atoms with Crippen molar-refractivity contribution in [2.24, 2.45) is 0 Å². The van der Waals surface area contributed by atoms with Crippen LogP contribution in [-0.2, 0) is 0 Å². The number of hydrogen-bond donors (Lipinski definition) is 2. The number of β-amino-alcohol motifs (C(OH)–C–C–N with tert-alkyl or cyclic N) is 2. The van der Waals surface area contributed by atoms with Gasteiger partial charge in [0.15, 0.2) is 0 Å². The molecule has 0 aliphatic carbocycles. The zero-order valence-electron chi connectivity index (χ0n) is 16.5. The minimum atomic E-state index is -0.553. The van der Waals surface area contributed by atoms with Gasteiger partial charge in [-0.1, -0.05) is 24.3 Å². The van der Waals surface area contributed by atoms with Crippen LogP contribution in [0.3, 0.4) is 0 Å². The summed E-state index contributed by atoms with van der Waals surface area (Å²) in [5, 5.41) is 21.7. The fourth-order valence-corrected chi connectivity index (χ4v) is 3.90. The molecule has 154 valence electrons. The number of benzene rings is 2. The Kier molecular flexibility index (Phi) is 6.46. The molecule has 3 aromatic rings. The van der Waals surface area contributed by atoms with E-state index in [2.05, 4.69) is 21.9 Å². The third kappa shape index (κ3) is 4.97. The molecule has 1 atom stereocenters. The van der Waals surface area contributed by atoms with Crippen molar-refractivity contribution in [1.29, 1.82) is 0 Å². The topological polar surface area (TPSA) is 69.3 Å². The molecule has 4 rings (SSSR count). The standard InChI is InChI=1S/C23H28N2O4/c26-11-10-24-6-8-25(9-7-24)15-20(27)17-29-21-13-18-3-1-2-4-22(18)23(14-21)19-5-12-28-16-19/h1-5,12-14,16,20,26-27H,6-11,15,17H2. The molecule has 1 aliphatic rings. The van der Waals surface area contributed by atoms with E-state index in [9.17, 15) is 5.11 Å². The number of aliphatic hydroxyl groups excluding tert-OH is 2. The SMILES string of the molecule is OCCN1CCN(CC(O)COc2cc(-c3ccoc3)c3ccccc3c2)CC1. The Labute approximate surface area is 170 Å². The van der Waals surface area contributed by atoms with Crippen molar-refractivity contribution in [3.05, 3.63) is 55.0 Å². The molecule has 0 spiro atoms. The van der Waals surface area contributed by atoms with Crippen LogP contribution in [0.15, 0.2) is 59.4 Å². The predicted octanol–water partition coefficient (Wildman–Crippen LogP) is 2.45. The summed E-state index contributed by atoms with van der Waals surface area (Å²) in [4.78, 5) is 4.49. The normalized spacial score (nSPS) is 16.9. The molecule has 1 saturated heterocycles. The first-order valence-electron chi connectivity index (χ1n) is 10.1. The number of ether oxygens (including phenoxy) is 1. The molecular weight excluding hydrogens is 368 g/mol. The van der Waals surface area contributed by atoms with Gasteiger partial charge in [-0.2, -0.15) is 0 Å². The Morgan fingerprint density at radius 2 is 1.83 bits per heavy atom. The van der Waals surface area contributed by atoms with Crippen molar-refractivity contribution in [1.82, 2.24) is 9.80 Å². The monoisotopic (exact) mass is 396 g/mol. The van der Waals surface area contributed by atoms with Crippen molar-refractivity contribution in [3.8, 4) is 16.9 Å². The molecule has 0 amide bonds. The molecule has 2 heterocycles. The fourth-order valence-electron chi connectivity index (χ4n) is 3.90. The van der Waals surface area contributed by atoms with Gasteiger partial charge in [0.2, 0.25) is 0 Å². The van der Waals surface area contributed by atoms with Gasteiger partial charge in [0.1, 0.15) is 18.5 Å². The van der Waals surface area contributed by atoms with Crippen molar-refractivity contribution in [2.45, 2.75) is 6.10 Å². The van der Waals surface area contributed by atoms with Crippen LogP contribution < -0.4 is 4.74 Å². The Balaban J connectivity index is 1.38. The summed E-state index contributed by atoms with van der Waals surface area (Å²) in [7, 11) is 0. The maximum atomic E-state index is 10.5. The predicted molar refractivity (Wildman–Crippen MR) is 113 cm³/mol. The van der Waals surface area contributed by atoms with Gasteiger partial charge in [0, 0.05) is 44.8 Å². The number of furan rings is 1. The van der Waals surface area contributed by atoms with E-state index in [4.69, 9.17) is 14.3 Å². The van der Waals surface area contributed by atoms with E-state index < -0.39 is 6.10 Å². The molecule has 2 aromatic carbocycles. The Morgan fingerprint density at radius 1 is 1.03 bits per heavy atom. The van der Waals surface area contributed by atoms with Gasteiger partial charge in [-0.15, -0.1) is 0 Å². The maximum absolute atomic E-state index is 10.5. The third-order valence-electron chi connectivity index (χ3n) is 5.46. The first-order valence-corrected chi connectivity index (χ1v) is 10.1. The Morgan fingerprint density at radius 3 is 2.59 bits per heavy atom. The highest BCUT2D eigenvalue weighted by Gasteiger charge is 2.19. The number of aliphatic hydroxyl groups is 2. The molecular formula is C23H28N2O4. The van der Waals surface area contributed by atoms with E-state index in [1.54, 1.807) is 12.5 Å². The summed E-state index contributed by atoms with van der Waals surface area (Å²) in [5.74, 6) is 0.742. The molecule has 6 heteroatoms. The Hall–Kier alpha value is -2.38. The lowest BCUT2D eigenvalue weighted by molar-refractivity contribution is 0.0429. The number of piperazine rings is 1. The molecule has 2 N–H and O–H groups in total. The molecule has 0 bridgehead atoms. The highest BCUT2D eigenvalue weighted by molar-refractivity contribution is 5.97. The highest BCUT2D eigenvalue weighted by Crippen LogP contribution is 2.33. The van der Waals surface area contributed by atoms with Crippen LogP contribution in [-0.4, -0.2) is 78.6 Å². The molecule has 1 aromatic heterocycles. The van der Waals surface area contributed by atoms with Crippen molar-refractivity contribution < 1.29 is 19.4 Å². The van der Waals surface area contributed by atoms with Crippen molar-refractivity contribution in [2.75, 3.05) is 52.5 Å². The first-order chi connectivity index (χ1) is 14.2. The summed E-state index contributed by atoms with van der Waals surface area (Å²) >= 11 is 0. The van der Waals surface area contributed by atoms with E-state index in [-0.39, 0.29) is 13.2 Å². The van der Waals surface area contributed by atoms with E-state index in [1.807, 2.05) is 30.3 Å². The largest absolute Gasteiger partial charge is 0.491 e. The summed E-state index contributed by atoms with van der Waals surface area (Å²) in [6.07, 6.45) is 2.85. The van der Waals surface area contributed by atoms with Crippen molar-refractivity contribution in [3.63, 3.8) is 0 Å². The van der Waals surface area contributed by atoms with E-state index in [0.29, 0.717) is 6.54 Å². The van der Waals surface area contributed by atoms with E-state index in [0.717, 1.165) is 60.4 Å². The van der Waals surface area contributed by atoms with Gasteiger partial charge in [-0.3, -0.25) is 9.80 Å². The molecule has 0 radical (unpaired) electrons. The van der Waals surface area contributed by atoms with Gasteiger partial charge < -0.3 is 19.4 Å². The molecule has 1 unspecified atom stereocenters. The lowest BCUT2D eigenvalue weighted by Gasteiger charge is -2.35. The van der Waals surface area contributed by atoms with Crippen LogP contribution in [0, 0.1) is 0 Å². The van der Waals surface area contributed by atoms with Crippen LogP contribution in [0.5, 0.6) is 5.75 Å². The zero-order valence-corrected chi connectivity index (χ0v) is 16.5. The quantitative estimate of drug-likeness (QED) is 0.610. The van der Waals surface area contributed by atoms with Crippen LogP contribution in [0.2, 0.25) is 0 Å². The summed E-state index contributed by atoms with van der Waals surface area (Å²) in [6.45, 7) is 5.41. The summed E-state index contributed by atoms with van der Waals surface area (Å²) < 4.78 is 11.2. The van der Waals surface area contributed by atoms with Gasteiger partial charge in [-0.25, -0.2) is 0 Å².